The maximum Gasteiger partial charge on any atom is 0.248 e. The van der Waals surface area contributed by atoms with Crippen molar-refractivity contribution in [2.24, 2.45) is 0 Å². The summed E-state index contributed by atoms with van der Waals surface area (Å²) in [5.74, 6) is -0.922. The van der Waals surface area contributed by atoms with E-state index in [1.54, 1.807) is 32.0 Å². The number of hydrogen-bond acceptors (Lipinski definition) is 5. The number of sulfone groups is 1. The van der Waals surface area contributed by atoms with E-state index in [0.717, 1.165) is 5.56 Å². The Morgan fingerprint density at radius 2 is 1.62 bits per heavy atom. The average Bonchev–Trinajstić information content (AvgIpc) is 2.46. The summed E-state index contributed by atoms with van der Waals surface area (Å²) in [7, 11) is -3.88. The molecule has 1 amide bonds. The van der Waals surface area contributed by atoms with Crippen molar-refractivity contribution in [2.75, 3.05) is 11.1 Å². The van der Waals surface area contributed by atoms with Gasteiger partial charge in [0, 0.05) is 17.1 Å². The Morgan fingerprint density at radius 1 is 1.08 bits per heavy atom. The fraction of sp³-hybridized carbons (Fsp3) is 0.353. The van der Waals surface area contributed by atoms with Gasteiger partial charge in [0.05, 0.1) is 0 Å². The summed E-state index contributed by atoms with van der Waals surface area (Å²) in [5.41, 5.74) is 2.79. The minimum atomic E-state index is -3.88. The summed E-state index contributed by atoms with van der Waals surface area (Å²) in [6, 6.07) is 9.00. The zero-order chi connectivity index (χ0) is 17.9. The third kappa shape index (κ3) is 4.61. The molecule has 0 aliphatic carbocycles. The van der Waals surface area contributed by atoms with E-state index in [2.05, 4.69) is 29.1 Å². The number of benzene rings is 1. The van der Waals surface area contributed by atoms with Crippen LogP contribution in [0.2, 0.25) is 0 Å². The van der Waals surface area contributed by atoms with Crippen molar-refractivity contribution in [1.82, 2.24) is 9.97 Å². The third-order valence-electron chi connectivity index (χ3n) is 3.42. The number of aromatic nitrogens is 2. The van der Waals surface area contributed by atoms with Crippen LogP contribution in [0.4, 0.5) is 5.69 Å². The van der Waals surface area contributed by atoms with E-state index in [9.17, 15) is 13.2 Å². The SMILES string of the molecule is Cc1cc(C)nc(S(=O)(=O)CC(=O)Nc2ccc(C(C)C)cc2)n1. The molecule has 2 rings (SSSR count). The van der Waals surface area contributed by atoms with Crippen molar-refractivity contribution >= 4 is 21.4 Å². The van der Waals surface area contributed by atoms with Gasteiger partial charge in [0.15, 0.2) is 0 Å². The van der Waals surface area contributed by atoms with Crippen LogP contribution in [0.5, 0.6) is 0 Å². The molecular weight excluding hydrogens is 326 g/mol. The quantitative estimate of drug-likeness (QED) is 0.840. The average molecular weight is 347 g/mol. The first kappa shape index (κ1) is 18.1. The molecule has 0 radical (unpaired) electrons. The largest absolute Gasteiger partial charge is 0.325 e. The fourth-order valence-corrected chi connectivity index (χ4v) is 3.33. The van der Waals surface area contributed by atoms with Gasteiger partial charge < -0.3 is 5.32 Å². The van der Waals surface area contributed by atoms with Crippen LogP contribution in [0.25, 0.3) is 0 Å². The van der Waals surface area contributed by atoms with Crippen LogP contribution in [-0.2, 0) is 14.6 Å². The Balaban J connectivity index is 2.10. The summed E-state index contributed by atoms with van der Waals surface area (Å²) >= 11 is 0. The highest BCUT2D eigenvalue weighted by Gasteiger charge is 2.23. The monoisotopic (exact) mass is 347 g/mol. The van der Waals surface area contributed by atoms with Crippen LogP contribution in [0.1, 0.15) is 36.7 Å². The van der Waals surface area contributed by atoms with E-state index < -0.39 is 21.5 Å². The molecule has 2 aromatic rings. The second-order valence-electron chi connectivity index (χ2n) is 6.02. The molecule has 0 aliphatic heterocycles. The van der Waals surface area contributed by atoms with E-state index in [1.165, 1.54) is 0 Å². The van der Waals surface area contributed by atoms with Crippen molar-refractivity contribution in [2.45, 2.75) is 38.8 Å². The van der Waals surface area contributed by atoms with Gasteiger partial charge in [0.25, 0.3) is 0 Å². The predicted octanol–water partition coefficient (Wildman–Crippen LogP) is 2.63. The van der Waals surface area contributed by atoms with Crippen LogP contribution >= 0.6 is 0 Å². The number of carbonyl (C=O) groups excluding carboxylic acids is 1. The van der Waals surface area contributed by atoms with Crippen molar-refractivity contribution in [3.8, 4) is 0 Å². The molecule has 7 heteroatoms. The molecule has 0 aliphatic rings. The highest BCUT2D eigenvalue weighted by atomic mass is 32.2. The molecule has 1 aromatic heterocycles. The van der Waals surface area contributed by atoms with Gasteiger partial charge in [-0.3, -0.25) is 4.79 Å². The maximum atomic E-state index is 12.3. The molecule has 1 heterocycles. The predicted molar refractivity (Wildman–Crippen MR) is 92.7 cm³/mol. The molecule has 0 atom stereocenters. The number of nitrogens with zero attached hydrogens (tertiary/aromatic N) is 2. The van der Waals surface area contributed by atoms with Gasteiger partial charge in [-0.2, -0.15) is 0 Å². The zero-order valence-corrected chi connectivity index (χ0v) is 15.0. The summed E-state index contributed by atoms with van der Waals surface area (Å²) in [5, 5.41) is 2.27. The fourth-order valence-electron chi connectivity index (χ4n) is 2.22. The highest BCUT2D eigenvalue weighted by Crippen LogP contribution is 2.17. The summed E-state index contributed by atoms with van der Waals surface area (Å²) in [4.78, 5) is 19.9. The van der Waals surface area contributed by atoms with Crippen LogP contribution < -0.4 is 5.32 Å². The molecule has 24 heavy (non-hydrogen) atoms. The molecule has 0 fully saturated rings. The number of carbonyl (C=O) groups is 1. The minimum absolute atomic E-state index is 0.315. The first-order valence-corrected chi connectivity index (χ1v) is 9.27. The lowest BCUT2D eigenvalue weighted by Crippen LogP contribution is -2.24. The number of rotatable bonds is 5. The second-order valence-corrected chi connectivity index (χ2v) is 7.90. The first-order valence-electron chi connectivity index (χ1n) is 7.62. The number of aryl methyl sites for hydroxylation is 2. The van der Waals surface area contributed by atoms with Crippen molar-refractivity contribution in [1.29, 1.82) is 0 Å². The Hall–Kier alpha value is -2.28. The lowest BCUT2D eigenvalue weighted by molar-refractivity contribution is -0.113. The van der Waals surface area contributed by atoms with Gasteiger partial charge in [-0.25, -0.2) is 18.4 Å². The Bertz CT molecular complexity index is 824. The number of hydrogen-bond donors (Lipinski definition) is 1. The zero-order valence-electron chi connectivity index (χ0n) is 14.2. The van der Waals surface area contributed by atoms with Gasteiger partial charge >= 0.3 is 0 Å². The first-order chi connectivity index (χ1) is 11.2. The highest BCUT2D eigenvalue weighted by molar-refractivity contribution is 7.92. The van der Waals surface area contributed by atoms with Crippen LogP contribution in [0, 0.1) is 13.8 Å². The molecule has 0 saturated carbocycles. The topological polar surface area (TPSA) is 89.0 Å². The second kappa shape index (κ2) is 7.09. The van der Waals surface area contributed by atoms with Crippen molar-refractivity contribution in [3.63, 3.8) is 0 Å². The summed E-state index contributed by atoms with van der Waals surface area (Å²) in [6.07, 6.45) is 0. The molecule has 0 bridgehead atoms. The molecule has 128 valence electrons. The molecular formula is C17H21N3O3S. The van der Waals surface area contributed by atoms with E-state index in [1.807, 2.05) is 12.1 Å². The molecule has 1 aromatic carbocycles. The number of amides is 1. The maximum absolute atomic E-state index is 12.3. The number of anilines is 1. The van der Waals surface area contributed by atoms with Gasteiger partial charge in [0.1, 0.15) is 5.75 Å². The molecule has 6 nitrogen and oxygen atoms in total. The van der Waals surface area contributed by atoms with Crippen molar-refractivity contribution < 1.29 is 13.2 Å². The Morgan fingerprint density at radius 3 is 2.12 bits per heavy atom. The normalized spacial score (nSPS) is 11.5. The lowest BCUT2D eigenvalue weighted by Gasteiger charge is -2.09. The summed E-state index contributed by atoms with van der Waals surface area (Å²) < 4.78 is 24.6. The lowest BCUT2D eigenvalue weighted by atomic mass is 10.0. The van der Waals surface area contributed by atoms with E-state index >= 15 is 0 Å². The third-order valence-corrected chi connectivity index (χ3v) is 4.80. The smallest absolute Gasteiger partial charge is 0.248 e. The summed E-state index contributed by atoms with van der Waals surface area (Å²) in [6.45, 7) is 7.52. The van der Waals surface area contributed by atoms with E-state index in [4.69, 9.17) is 0 Å². The van der Waals surface area contributed by atoms with Gasteiger partial charge in [-0.05, 0) is 43.5 Å². The molecule has 0 saturated heterocycles. The molecule has 0 spiro atoms. The standard InChI is InChI=1S/C17H21N3O3S/c1-11(2)14-5-7-15(8-6-14)20-16(21)10-24(22,23)17-18-12(3)9-13(4)19-17/h5-9,11H,10H2,1-4H3,(H,20,21). The van der Waals surface area contributed by atoms with Gasteiger partial charge in [-0.1, -0.05) is 26.0 Å². The van der Waals surface area contributed by atoms with Crippen LogP contribution in [0.15, 0.2) is 35.5 Å². The molecule has 1 N–H and O–H groups in total. The Labute approximate surface area is 142 Å². The van der Waals surface area contributed by atoms with E-state index in [0.29, 0.717) is 23.0 Å². The van der Waals surface area contributed by atoms with Crippen LogP contribution in [0.3, 0.4) is 0 Å². The van der Waals surface area contributed by atoms with E-state index in [-0.39, 0.29) is 5.16 Å². The van der Waals surface area contributed by atoms with Crippen LogP contribution in [-0.4, -0.2) is 30.0 Å². The van der Waals surface area contributed by atoms with Gasteiger partial charge in [0.2, 0.25) is 20.9 Å². The Kier molecular flexibility index (Phi) is 5.33. The molecule has 0 unspecified atom stereocenters. The van der Waals surface area contributed by atoms with Crippen molar-refractivity contribution in [3.05, 3.63) is 47.3 Å². The minimum Gasteiger partial charge on any atom is -0.325 e. The number of nitrogens with one attached hydrogen (secondary N) is 1. The van der Waals surface area contributed by atoms with Gasteiger partial charge in [-0.15, -0.1) is 0 Å².